The zero-order chi connectivity index (χ0) is 12.8. The zero-order valence-electron chi connectivity index (χ0n) is 10.1. The monoisotopic (exact) mass is 256 g/mol. The highest BCUT2D eigenvalue weighted by Crippen LogP contribution is 2.34. The van der Waals surface area contributed by atoms with E-state index in [4.69, 9.17) is 11.6 Å². The van der Waals surface area contributed by atoms with Crippen LogP contribution >= 0.6 is 11.6 Å². The number of hydrogen-bond donors (Lipinski definition) is 0. The van der Waals surface area contributed by atoms with E-state index >= 15 is 0 Å². The van der Waals surface area contributed by atoms with Crippen LogP contribution in [-0.2, 0) is 0 Å². The van der Waals surface area contributed by atoms with Crippen LogP contribution in [0, 0.1) is 10.1 Å². The number of nitro groups is 1. The fourth-order valence-corrected chi connectivity index (χ4v) is 1.95. The summed E-state index contributed by atoms with van der Waals surface area (Å²) < 4.78 is 0. The van der Waals surface area contributed by atoms with Crippen LogP contribution in [0.5, 0.6) is 0 Å². The van der Waals surface area contributed by atoms with Crippen molar-refractivity contribution in [3.8, 4) is 0 Å². The van der Waals surface area contributed by atoms with Gasteiger partial charge in [0.1, 0.15) is 10.7 Å². The van der Waals surface area contributed by atoms with Crippen LogP contribution in [-0.4, -0.2) is 18.5 Å². The van der Waals surface area contributed by atoms with E-state index in [0.29, 0.717) is 5.69 Å². The molecule has 4 nitrogen and oxygen atoms in total. The van der Waals surface area contributed by atoms with Gasteiger partial charge < -0.3 is 4.90 Å². The third kappa shape index (κ3) is 3.60. The largest absolute Gasteiger partial charge is 0.369 e. The third-order valence-corrected chi connectivity index (χ3v) is 2.96. The Morgan fingerprint density at radius 2 is 2.12 bits per heavy atom. The van der Waals surface area contributed by atoms with E-state index in [-0.39, 0.29) is 10.7 Å². The molecule has 0 heterocycles. The summed E-state index contributed by atoms with van der Waals surface area (Å²) in [6, 6.07) is 5.01. The number of nitro benzene ring substituents is 1. The molecule has 0 saturated carbocycles. The molecule has 0 unspecified atom stereocenters. The van der Waals surface area contributed by atoms with Crippen molar-refractivity contribution in [3.63, 3.8) is 0 Å². The SMILES string of the molecule is CCCCCN(C)c1cccc(Cl)c1[N+](=O)[O-]. The van der Waals surface area contributed by atoms with Crippen LogP contribution in [0.25, 0.3) is 0 Å². The minimum atomic E-state index is -0.423. The predicted octanol–water partition coefficient (Wildman–Crippen LogP) is 3.87. The lowest BCUT2D eigenvalue weighted by molar-refractivity contribution is -0.384. The molecule has 94 valence electrons. The standard InChI is InChI=1S/C12H17ClN2O2/c1-3-4-5-9-14(2)11-8-6-7-10(13)12(11)15(16)17/h6-8H,3-5,9H2,1-2H3. The van der Waals surface area contributed by atoms with Gasteiger partial charge >= 0.3 is 5.69 Å². The van der Waals surface area contributed by atoms with E-state index in [9.17, 15) is 10.1 Å². The molecular formula is C12H17ClN2O2. The van der Waals surface area contributed by atoms with Gasteiger partial charge in [-0.2, -0.15) is 0 Å². The van der Waals surface area contributed by atoms with Crippen molar-refractivity contribution in [1.82, 2.24) is 0 Å². The fourth-order valence-electron chi connectivity index (χ4n) is 1.71. The van der Waals surface area contributed by atoms with Crippen molar-refractivity contribution in [1.29, 1.82) is 0 Å². The van der Waals surface area contributed by atoms with Gasteiger partial charge in [-0.25, -0.2) is 0 Å². The second-order valence-corrected chi connectivity index (χ2v) is 4.40. The molecule has 0 aliphatic carbocycles. The number of unbranched alkanes of at least 4 members (excludes halogenated alkanes) is 2. The first-order valence-electron chi connectivity index (χ1n) is 5.72. The highest BCUT2D eigenvalue weighted by molar-refractivity contribution is 6.33. The Hall–Kier alpha value is -1.29. The van der Waals surface area contributed by atoms with Crippen molar-refractivity contribution in [2.75, 3.05) is 18.5 Å². The quantitative estimate of drug-likeness (QED) is 0.441. The zero-order valence-corrected chi connectivity index (χ0v) is 10.9. The molecule has 17 heavy (non-hydrogen) atoms. The number of anilines is 1. The van der Waals surface area contributed by atoms with Gasteiger partial charge in [-0.1, -0.05) is 37.4 Å². The summed E-state index contributed by atoms with van der Waals surface area (Å²) in [5.74, 6) is 0. The molecule has 0 spiro atoms. The van der Waals surface area contributed by atoms with E-state index in [2.05, 4.69) is 6.92 Å². The number of halogens is 1. The minimum Gasteiger partial charge on any atom is -0.369 e. The van der Waals surface area contributed by atoms with E-state index in [1.54, 1.807) is 18.2 Å². The van der Waals surface area contributed by atoms with Gasteiger partial charge in [0.15, 0.2) is 0 Å². The van der Waals surface area contributed by atoms with E-state index in [1.807, 2.05) is 11.9 Å². The summed E-state index contributed by atoms with van der Waals surface area (Å²) in [7, 11) is 1.86. The summed E-state index contributed by atoms with van der Waals surface area (Å²) in [4.78, 5) is 12.4. The summed E-state index contributed by atoms with van der Waals surface area (Å²) in [5.41, 5.74) is 0.576. The summed E-state index contributed by atoms with van der Waals surface area (Å²) in [6.07, 6.45) is 3.28. The predicted molar refractivity (Wildman–Crippen MR) is 70.9 cm³/mol. The molecule has 0 saturated heterocycles. The topological polar surface area (TPSA) is 46.4 Å². The lowest BCUT2D eigenvalue weighted by atomic mass is 10.2. The van der Waals surface area contributed by atoms with Gasteiger partial charge in [0.2, 0.25) is 0 Å². The molecule has 0 aromatic heterocycles. The van der Waals surface area contributed by atoms with Crippen LogP contribution in [0.4, 0.5) is 11.4 Å². The second-order valence-electron chi connectivity index (χ2n) is 3.99. The Labute approximate surface area is 106 Å². The van der Waals surface area contributed by atoms with Crippen molar-refractivity contribution >= 4 is 23.0 Å². The number of hydrogen-bond acceptors (Lipinski definition) is 3. The normalized spacial score (nSPS) is 10.3. The Kier molecular flexibility index (Phi) is 5.22. The van der Waals surface area contributed by atoms with Gasteiger partial charge in [0, 0.05) is 13.6 Å². The van der Waals surface area contributed by atoms with Gasteiger partial charge in [-0.15, -0.1) is 0 Å². The molecule has 0 N–H and O–H groups in total. The molecule has 0 aliphatic rings. The number of para-hydroxylation sites is 1. The average molecular weight is 257 g/mol. The minimum absolute atomic E-state index is 0.00633. The molecule has 0 bridgehead atoms. The molecule has 0 radical (unpaired) electrons. The number of rotatable bonds is 6. The molecule has 0 amide bonds. The van der Waals surface area contributed by atoms with Gasteiger partial charge in [-0.3, -0.25) is 10.1 Å². The maximum absolute atomic E-state index is 11.0. The van der Waals surface area contributed by atoms with E-state index in [0.717, 1.165) is 25.8 Å². The molecule has 0 fully saturated rings. The molecule has 1 aromatic rings. The molecule has 1 rings (SSSR count). The second kappa shape index (κ2) is 6.45. The first kappa shape index (κ1) is 13.8. The van der Waals surface area contributed by atoms with Crippen LogP contribution < -0.4 is 4.90 Å². The van der Waals surface area contributed by atoms with E-state index in [1.165, 1.54) is 0 Å². The average Bonchev–Trinajstić information content (AvgIpc) is 2.28. The highest BCUT2D eigenvalue weighted by atomic mass is 35.5. The Balaban J connectivity index is 2.89. The van der Waals surface area contributed by atoms with E-state index < -0.39 is 4.92 Å². The van der Waals surface area contributed by atoms with Crippen molar-refractivity contribution in [3.05, 3.63) is 33.3 Å². The number of benzene rings is 1. The number of nitrogens with zero attached hydrogens (tertiary/aromatic N) is 2. The maximum Gasteiger partial charge on any atom is 0.310 e. The molecule has 0 atom stereocenters. The van der Waals surface area contributed by atoms with Gasteiger partial charge in [0.25, 0.3) is 0 Å². The van der Waals surface area contributed by atoms with Gasteiger partial charge in [-0.05, 0) is 18.6 Å². The van der Waals surface area contributed by atoms with Crippen molar-refractivity contribution in [2.45, 2.75) is 26.2 Å². The molecule has 5 heteroatoms. The Morgan fingerprint density at radius 3 is 2.71 bits per heavy atom. The maximum atomic E-state index is 11.0. The van der Waals surface area contributed by atoms with Crippen LogP contribution in [0.3, 0.4) is 0 Å². The van der Waals surface area contributed by atoms with Crippen molar-refractivity contribution in [2.24, 2.45) is 0 Å². The fraction of sp³-hybridized carbons (Fsp3) is 0.500. The molecular weight excluding hydrogens is 240 g/mol. The first-order valence-corrected chi connectivity index (χ1v) is 6.09. The Bertz CT molecular complexity index is 396. The highest BCUT2D eigenvalue weighted by Gasteiger charge is 2.20. The first-order chi connectivity index (χ1) is 8.07. The third-order valence-electron chi connectivity index (χ3n) is 2.66. The van der Waals surface area contributed by atoms with Crippen LogP contribution in [0.1, 0.15) is 26.2 Å². The summed E-state index contributed by atoms with van der Waals surface area (Å²) >= 11 is 5.86. The Morgan fingerprint density at radius 1 is 1.41 bits per heavy atom. The lowest BCUT2D eigenvalue weighted by Gasteiger charge is -2.19. The molecule has 1 aromatic carbocycles. The summed E-state index contributed by atoms with van der Waals surface area (Å²) in [6.45, 7) is 2.93. The van der Waals surface area contributed by atoms with Gasteiger partial charge in [0.05, 0.1) is 4.92 Å². The van der Waals surface area contributed by atoms with Crippen LogP contribution in [0.15, 0.2) is 18.2 Å². The molecule has 0 aliphatic heterocycles. The van der Waals surface area contributed by atoms with Crippen LogP contribution in [0.2, 0.25) is 5.02 Å². The van der Waals surface area contributed by atoms with Crippen molar-refractivity contribution < 1.29 is 4.92 Å². The lowest BCUT2D eigenvalue weighted by Crippen LogP contribution is -2.19. The smallest absolute Gasteiger partial charge is 0.310 e. The summed E-state index contributed by atoms with van der Waals surface area (Å²) in [5, 5.41) is 11.2.